The summed E-state index contributed by atoms with van der Waals surface area (Å²) in [6.07, 6.45) is 3.24. The smallest absolute Gasteiger partial charge is 0.205 e. The number of rotatable bonds is 9. The number of hydrogen-bond acceptors (Lipinski definition) is 4. The standard InChI is InChI=1S/C10H24N4O2/c1-15-8-5-3-4-6-12-10(14-11)13-7-9-16-2/h3-9,11H2,1-2H3,(H2,12,13,14). The molecule has 0 radical (unpaired) electrons. The number of nitrogens with two attached hydrogens (primary N) is 1. The summed E-state index contributed by atoms with van der Waals surface area (Å²) < 4.78 is 9.87. The molecule has 6 heteroatoms. The van der Waals surface area contributed by atoms with E-state index in [1.54, 1.807) is 14.2 Å². The van der Waals surface area contributed by atoms with E-state index in [9.17, 15) is 0 Å². The fraction of sp³-hybridized carbons (Fsp3) is 0.900. The van der Waals surface area contributed by atoms with Crippen molar-refractivity contribution >= 4 is 5.96 Å². The second-order valence-electron chi connectivity index (χ2n) is 3.35. The van der Waals surface area contributed by atoms with Gasteiger partial charge in [0, 0.05) is 33.9 Å². The van der Waals surface area contributed by atoms with Gasteiger partial charge in [-0.05, 0) is 19.3 Å². The lowest BCUT2D eigenvalue weighted by molar-refractivity contribution is 0.192. The molecule has 0 saturated heterocycles. The summed E-state index contributed by atoms with van der Waals surface area (Å²) >= 11 is 0. The number of aliphatic imine (C=N–C) groups is 1. The van der Waals surface area contributed by atoms with Crippen LogP contribution in [-0.4, -0.2) is 46.5 Å². The molecule has 0 aromatic heterocycles. The number of nitrogens with one attached hydrogen (secondary N) is 2. The van der Waals surface area contributed by atoms with Crippen LogP contribution in [0.5, 0.6) is 0 Å². The van der Waals surface area contributed by atoms with Gasteiger partial charge in [0.25, 0.3) is 0 Å². The van der Waals surface area contributed by atoms with Gasteiger partial charge < -0.3 is 14.8 Å². The number of hydrazine groups is 1. The van der Waals surface area contributed by atoms with E-state index in [2.05, 4.69) is 15.7 Å². The van der Waals surface area contributed by atoms with Crippen molar-refractivity contribution in [3.05, 3.63) is 0 Å². The number of ether oxygens (including phenoxy) is 2. The van der Waals surface area contributed by atoms with Crippen LogP contribution in [-0.2, 0) is 9.47 Å². The number of guanidine groups is 1. The van der Waals surface area contributed by atoms with Crippen molar-refractivity contribution in [1.82, 2.24) is 10.7 Å². The van der Waals surface area contributed by atoms with E-state index in [0.717, 1.165) is 32.4 Å². The van der Waals surface area contributed by atoms with Crippen LogP contribution in [0, 0.1) is 0 Å². The van der Waals surface area contributed by atoms with Crippen LogP contribution in [0.1, 0.15) is 19.3 Å². The maximum absolute atomic E-state index is 5.31. The van der Waals surface area contributed by atoms with Gasteiger partial charge in [0.2, 0.25) is 5.96 Å². The molecule has 0 heterocycles. The van der Waals surface area contributed by atoms with Crippen LogP contribution in [0.2, 0.25) is 0 Å². The maximum Gasteiger partial charge on any atom is 0.205 e. The minimum atomic E-state index is 0.615. The Morgan fingerprint density at radius 3 is 2.50 bits per heavy atom. The van der Waals surface area contributed by atoms with E-state index in [1.165, 1.54) is 0 Å². The van der Waals surface area contributed by atoms with Gasteiger partial charge in [-0.15, -0.1) is 0 Å². The van der Waals surface area contributed by atoms with E-state index in [-0.39, 0.29) is 0 Å². The molecule has 0 spiro atoms. The molecule has 0 aromatic rings. The Morgan fingerprint density at radius 2 is 1.88 bits per heavy atom. The molecule has 0 saturated carbocycles. The highest BCUT2D eigenvalue weighted by Gasteiger charge is 1.94. The molecule has 0 atom stereocenters. The van der Waals surface area contributed by atoms with Gasteiger partial charge in [0.15, 0.2) is 0 Å². The molecule has 4 N–H and O–H groups in total. The number of nitrogens with zero attached hydrogens (tertiary/aromatic N) is 1. The van der Waals surface area contributed by atoms with Crippen molar-refractivity contribution in [2.75, 3.05) is 40.5 Å². The quantitative estimate of drug-likeness (QED) is 0.169. The Bertz CT molecular complexity index is 176. The predicted molar refractivity (Wildman–Crippen MR) is 65.2 cm³/mol. The average molecular weight is 232 g/mol. The van der Waals surface area contributed by atoms with Crippen LogP contribution in [0.25, 0.3) is 0 Å². The molecule has 16 heavy (non-hydrogen) atoms. The number of hydrogen-bond donors (Lipinski definition) is 3. The zero-order chi connectivity index (χ0) is 12.1. The van der Waals surface area contributed by atoms with E-state index >= 15 is 0 Å². The zero-order valence-corrected chi connectivity index (χ0v) is 10.3. The summed E-state index contributed by atoms with van der Waals surface area (Å²) in [4.78, 5) is 4.28. The van der Waals surface area contributed by atoms with Crippen LogP contribution >= 0.6 is 0 Å². The predicted octanol–water partition coefficient (Wildman–Crippen LogP) is -0.142. The van der Waals surface area contributed by atoms with Gasteiger partial charge in [0.05, 0.1) is 6.61 Å². The molecule has 0 amide bonds. The molecule has 0 aliphatic carbocycles. The Balaban J connectivity index is 3.47. The zero-order valence-electron chi connectivity index (χ0n) is 10.3. The van der Waals surface area contributed by atoms with Crippen LogP contribution in [0.4, 0.5) is 0 Å². The first-order chi connectivity index (χ1) is 7.85. The summed E-state index contributed by atoms with van der Waals surface area (Å²) in [5, 5.41) is 3.04. The third-order valence-electron chi connectivity index (χ3n) is 2.01. The van der Waals surface area contributed by atoms with Crippen LogP contribution in [0.15, 0.2) is 4.99 Å². The highest BCUT2D eigenvalue weighted by molar-refractivity contribution is 5.79. The molecule has 6 nitrogen and oxygen atoms in total. The van der Waals surface area contributed by atoms with Gasteiger partial charge in [-0.2, -0.15) is 0 Å². The lowest BCUT2D eigenvalue weighted by Crippen LogP contribution is -2.42. The average Bonchev–Trinajstić information content (AvgIpc) is 2.31. The summed E-state index contributed by atoms with van der Waals surface area (Å²) in [7, 11) is 3.37. The molecule has 96 valence electrons. The third-order valence-corrected chi connectivity index (χ3v) is 2.01. The van der Waals surface area contributed by atoms with Crippen molar-refractivity contribution in [3.8, 4) is 0 Å². The minimum absolute atomic E-state index is 0.615. The largest absolute Gasteiger partial charge is 0.385 e. The van der Waals surface area contributed by atoms with E-state index in [0.29, 0.717) is 19.1 Å². The van der Waals surface area contributed by atoms with Gasteiger partial charge in [-0.3, -0.25) is 10.4 Å². The van der Waals surface area contributed by atoms with Crippen molar-refractivity contribution < 1.29 is 9.47 Å². The highest BCUT2D eigenvalue weighted by atomic mass is 16.5. The topological polar surface area (TPSA) is 80.9 Å². The SMILES string of the molecule is COCCCCCN=C(NN)NCCOC. The Kier molecular flexibility index (Phi) is 11.6. The minimum Gasteiger partial charge on any atom is -0.385 e. The van der Waals surface area contributed by atoms with Crippen molar-refractivity contribution in [1.29, 1.82) is 0 Å². The molecule has 0 fully saturated rings. The van der Waals surface area contributed by atoms with Gasteiger partial charge in [0.1, 0.15) is 0 Å². The van der Waals surface area contributed by atoms with E-state index in [1.807, 2.05) is 0 Å². The van der Waals surface area contributed by atoms with Gasteiger partial charge in [-0.25, -0.2) is 5.84 Å². The normalized spacial score (nSPS) is 11.6. The molecule has 0 aromatic carbocycles. The van der Waals surface area contributed by atoms with Gasteiger partial charge in [-0.1, -0.05) is 0 Å². The first-order valence-corrected chi connectivity index (χ1v) is 5.58. The highest BCUT2D eigenvalue weighted by Crippen LogP contribution is 1.95. The molecule has 0 rings (SSSR count). The van der Waals surface area contributed by atoms with E-state index in [4.69, 9.17) is 15.3 Å². The molecule has 0 unspecified atom stereocenters. The third kappa shape index (κ3) is 9.70. The summed E-state index contributed by atoms with van der Waals surface area (Å²) in [6, 6.07) is 0. The molecule has 0 aliphatic heterocycles. The molecule has 0 bridgehead atoms. The maximum atomic E-state index is 5.31. The van der Waals surface area contributed by atoms with Crippen LogP contribution in [0.3, 0.4) is 0 Å². The number of unbranched alkanes of at least 4 members (excludes halogenated alkanes) is 2. The molecular weight excluding hydrogens is 208 g/mol. The summed E-state index contributed by atoms with van der Waals surface area (Å²) in [6.45, 7) is 2.92. The van der Waals surface area contributed by atoms with Crippen molar-refractivity contribution in [3.63, 3.8) is 0 Å². The second-order valence-corrected chi connectivity index (χ2v) is 3.35. The van der Waals surface area contributed by atoms with Crippen molar-refractivity contribution in [2.24, 2.45) is 10.8 Å². The van der Waals surface area contributed by atoms with Crippen molar-refractivity contribution in [2.45, 2.75) is 19.3 Å². The summed E-state index contributed by atoms with van der Waals surface area (Å²) in [5.74, 6) is 5.93. The molecule has 0 aliphatic rings. The summed E-state index contributed by atoms with van der Waals surface area (Å²) in [5.41, 5.74) is 2.52. The Labute approximate surface area is 97.6 Å². The fourth-order valence-electron chi connectivity index (χ4n) is 1.15. The number of methoxy groups -OCH3 is 2. The van der Waals surface area contributed by atoms with Gasteiger partial charge >= 0.3 is 0 Å². The van der Waals surface area contributed by atoms with E-state index < -0.39 is 0 Å². The lowest BCUT2D eigenvalue weighted by Gasteiger charge is -2.08. The van der Waals surface area contributed by atoms with Crippen LogP contribution < -0.4 is 16.6 Å². The Hall–Kier alpha value is -0.850. The second kappa shape index (κ2) is 12.2. The Morgan fingerprint density at radius 1 is 1.12 bits per heavy atom. The monoisotopic (exact) mass is 232 g/mol. The first kappa shape index (κ1) is 15.2. The fourth-order valence-corrected chi connectivity index (χ4v) is 1.15. The first-order valence-electron chi connectivity index (χ1n) is 5.58. The molecular formula is C10H24N4O2. The lowest BCUT2D eigenvalue weighted by atomic mass is 10.2.